The van der Waals surface area contributed by atoms with E-state index in [1.165, 1.54) is 71.6 Å². The minimum Gasteiger partial charge on any atom is -0.310 e. The molecule has 2 nitrogen and oxygen atoms in total. The van der Waals surface area contributed by atoms with Crippen molar-refractivity contribution in [1.29, 1.82) is 0 Å². The van der Waals surface area contributed by atoms with E-state index in [2.05, 4.69) is 276 Å². The standard InChI is InChI=1S/C64H44N2/c1-4-21-45(22-5-1)51-29-12-13-32-54(51)48-39-41-59(55-33-15-14-31-52(55)46-23-6-2-7-24-46)63(43-48)65(49-27-8-3-9-28-49)50-40-42-60-58-35-17-19-38-62(58)66(64(60)44-50)61-37-18-16-34-57(61)56-36-20-26-47-25-10-11-30-53(47)56/h1-44H. The molecule has 0 spiro atoms. The van der Waals surface area contributed by atoms with Crippen molar-refractivity contribution in [2.24, 2.45) is 0 Å². The first kappa shape index (κ1) is 38.9. The summed E-state index contributed by atoms with van der Waals surface area (Å²) in [5, 5.41) is 4.89. The van der Waals surface area contributed by atoms with E-state index in [9.17, 15) is 0 Å². The molecule has 0 aliphatic carbocycles. The third kappa shape index (κ3) is 6.84. The Balaban J connectivity index is 1.14. The van der Waals surface area contributed by atoms with Crippen molar-refractivity contribution in [1.82, 2.24) is 4.57 Å². The van der Waals surface area contributed by atoms with Crippen molar-refractivity contribution in [3.63, 3.8) is 0 Å². The maximum absolute atomic E-state index is 2.48. The molecule has 0 saturated heterocycles. The molecule has 12 aromatic rings. The Hall–Kier alpha value is -8.72. The first-order valence-electron chi connectivity index (χ1n) is 22.7. The molecule has 310 valence electrons. The predicted octanol–water partition coefficient (Wildman–Crippen LogP) is 17.7. The fourth-order valence-electron chi connectivity index (χ4n) is 10.0. The van der Waals surface area contributed by atoms with E-state index >= 15 is 0 Å². The van der Waals surface area contributed by atoms with E-state index in [1.807, 2.05) is 0 Å². The van der Waals surface area contributed by atoms with Gasteiger partial charge >= 0.3 is 0 Å². The maximum Gasteiger partial charge on any atom is 0.0562 e. The van der Waals surface area contributed by atoms with Gasteiger partial charge in [-0.15, -0.1) is 0 Å². The van der Waals surface area contributed by atoms with Crippen LogP contribution in [0.3, 0.4) is 0 Å². The molecule has 0 fully saturated rings. The van der Waals surface area contributed by atoms with Gasteiger partial charge in [-0.05, 0) is 97.7 Å². The third-order valence-electron chi connectivity index (χ3n) is 13.0. The van der Waals surface area contributed by atoms with Crippen LogP contribution in [0.2, 0.25) is 0 Å². The van der Waals surface area contributed by atoms with E-state index in [0.717, 1.165) is 39.4 Å². The van der Waals surface area contributed by atoms with Gasteiger partial charge in [0, 0.05) is 33.3 Å². The van der Waals surface area contributed by atoms with Gasteiger partial charge in [-0.3, -0.25) is 0 Å². The molecule has 66 heavy (non-hydrogen) atoms. The van der Waals surface area contributed by atoms with Gasteiger partial charge in [0.25, 0.3) is 0 Å². The Morgan fingerprint density at radius 3 is 1.50 bits per heavy atom. The molecular weight excluding hydrogens is 797 g/mol. The molecule has 0 aliphatic heterocycles. The molecule has 0 amide bonds. The highest BCUT2D eigenvalue weighted by Gasteiger charge is 2.23. The van der Waals surface area contributed by atoms with Crippen LogP contribution in [0.4, 0.5) is 17.1 Å². The predicted molar refractivity (Wildman–Crippen MR) is 280 cm³/mol. The second-order valence-corrected chi connectivity index (χ2v) is 16.8. The summed E-state index contributed by atoms with van der Waals surface area (Å²) >= 11 is 0. The second kappa shape index (κ2) is 16.8. The van der Waals surface area contributed by atoms with E-state index in [4.69, 9.17) is 0 Å². The summed E-state index contributed by atoms with van der Waals surface area (Å²) in [4.78, 5) is 2.46. The average molecular weight is 841 g/mol. The first-order chi connectivity index (χ1) is 32.8. The lowest BCUT2D eigenvalue weighted by molar-refractivity contribution is 1.18. The second-order valence-electron chi connectivity index (χ2n) is 16.8. The molecule has 0 N–H and O–H groups in total. The highest BCUT2D eigenvalue weighted by atomic mass is 15.1. The molecule has 11 aromatic carbocycles. The lowest BCUT2D eigenvalue weighted by atomic mass is 9.89. The van der Waals surface area contributed by atoms with Gasteiger partial charge in [0.15, 0.2) is 0 Å². The number of fused-ring (bicyclic) bond motifs is 4. The molecule has 0 atom stereocenters. The summed E-state index contributed by atoms with van der Waals surface area (Å²) in [7, 11) is 0. The van der Waals surface area contributed by atoms with Gasteiger partial charge in [0.1, 0.15) is 0 Å². The van der Waals surface area contributed by atoms with E-state index in [1.54, 1.807) is 0 Å². The van der Waals surface area contributed by atoms with Crippen LogP contribution in [0.25, 0.3) is 93.9 Å². The minimum absolute atomic E-state index is 1.06. The van der Waals surface area contributed by atoms with Gasteiger partial charge in [-0.25, -0.2) is 0 Å². The number of aromatic nitrogens is 1. The number of para-hydroxylation sites is 3. The molecule has 0 unspecified atom stereocenters. The number of anilines is 3. The molecule has 0 bridgehead atoms. The average Bonchev–Trinajstić information content (AvgIpc) is 3.73. The van der Waals surface area contributed by atoms with Gasteiger partial charge in [0.2, 0.25) is 0 Å². The van der Waals surface area contributed by atoms with Gasteiger partial charge in [-0.1, -0.05) is 224 Å². The Morgan fingerprint density at radius 2 is 0.773 bits per heavy atom. The molecule has 0 aliphatic rings. The van der Waals surface area contributed by atoms with E-state index in [-0.39, 0.29) is 0 Å². The summed E-state index contributed by atoms with van der Waals surface area (Å²) in [5.74, 6) is 0. The van der Waals surface area contributed by atoms with Crippen LogP contribution in [-0.2, 0) is 0 Å². The number of hydrogen-bond donors (Lipinski definition) is 0. The summed E-state index contributed by atoms with van der Waals surface area (Å²) in [6.45, 7) is 0. The Labute approximate surface area is 385 Å². The largest absolute Gasteiger partial charge is 0.310 e. The number of hydrogen-bond acceptors (Lipinski definition) is 1. The maximum atomic E-state index is 2.48. The monoisotopic (exact) mass is 840 g/mol. The van der Waals surface area contributed by atoms with Crippen LogP contribution >= 0.6 is 0 Å². The van der Waals surface area contributed by atoms with E-state index < -0.39 is 0 Å². The number of benzene rings is 11. The van der Waals surface area contributed by atoms with Gasteiger partial charge in [0.05, 0.1) is 22.4 Å². The molecular formula is C64H44N2. The zero-order chi connectivity index (χ0) is 43.8. The third-order valence-corrected chi connectivity index (χ3v) is 13.0. The molecule has 0 radical (unpaired) electrons. The van der Waals surface area contributed by atoms with Gasteiger partial charge in [-0.2, -0.15) is 0 Å². The highest BCUT2D eigenvalue weighted by Crippen LogP contribution is 2.48. The first-order valence-corrected chi connectivity index (χ1v) is 22.7. The molecule has 12 rings (SSSR count). The Bertz CT molecular complexity index is 3690. The van der Waals surface area contributed by atoms with Crippen molar-refractivity contribution in [2.45, 2.75) is 0 Å². The smallest absolute Gasteiger partial charge is 0.0562 e. The molecule has 0 saturated carbocycles. The lowest BCUT2D eigenvalue weighted by Gasteiger charge is -2.29. The Morgan fingerprint density at radius 1 is 0.258 bits per heavy atom. The van der Waals surface area contributed by atoms with Crippen LogP contribution in [0.1, 0.15) is 0 Å². The van der Waals surface area contributed by atoms with Crippen molar-refractivity contribution in [3.8, 4) is 61.3 Å². The van der Waals surface area contributed by atoms with Crippen molar-refractivity contribution in [2.75, 3.05) is 4.90 Å². The summed E-state index contributed by atoms with van der Waals surface area (Å²) in [5.41, 5.74) is 18.5. The normalized spacial score (nSPS) is 11.3. The van der Waals surface area contributed by atoms with Crippen LogP contribution in [-0.4, -0.2) is 4.57 Å². The highest BCUT2D eigenvalue weighted by molar-refractivity contribution is 6.12. The fourth-order valence-corrected chi connectivity index (χ4v) is 10.0. The van der Waals surface area contributed by atoms with Crippen LogP contribution < -0.4 is 4.90 Å². The quantitative estimate of drug-likeness (QED) is 0.141. The summed E-state index contributed by atoms with van der Waals surface area (Å²) in [6, 6.07) is 97.1. The topological polar surface area (TPSA) is 8.17 Å². The number of nitrogens with zero attached hydrogens (tertiary/aromatic N) is 2. The Kier molecular flexibility index (Phi) is 9.89. The van der Waals surface area contributed by atoms with Gasteiger partial charge < -0.3 is 9.47 Å². The minimum atomic E-state index is 1.06. The molecule has 1 heterocycles. The van der Waals surface area contributed by atoms with Crippen LogP contribution in [0.15, 0.2) is 267 Å². The summed E-state index contributed by atoms with van der Waals surface area (Å²) in [6.07, 6.45) is 0. The zero-order valence-electron chi connectivity index (χ0n) is 36.3. The van der Waals surface area contributed by atoms with Crippen molar-refractivity contribution in [3.05, 3.63) is 267 Å². The van der Waals surface area contributed by atoms with Crippen molar-refractivity contribution >= 4 is 49.6 Å². The fraction of sp³-hybridized carbons (Fsp3) is 0. The number of rotatable bonds is 9. The van der Waals surface area contributed by atoms with Crippen molar-refractivity contribution < 1.29 is 0 Å². The molecule has 2 heteroatoms. The zero-order valence-corrected chi connectivity index (χ0v) is 36.3. The summed E-state index contributed by atoms with van der Waals surface area (Å²) < 4.78 is 2.48. The lowest BCUT2D eigenvalue weighted by Crippen LogP contribution is -2.12. The van der Waals surface area contributed by atoms with Crippen LogP contribution in [0, 0.1) is 0 Å². The SMILES string of the molecule is c1ccc(-c2ccccc2-c2ccc(-c3ccccc3-c3ccccc3)c(N(c3ccccc3)c3ccc4c5ccccc5n(-c5ccccc5-c5cccc6ccccc56)c4c3)c2)cc1. The van der Waals surface area contributed by atoms with E-state index in [0.29, 0.717) is 0 Å². The van der Waals surface area contributed by atoms with Crippen LogP contribution in [0.5, 0.6) is 0 Å². The molecule has 1 aromatic heterocycles.